The molecule has 3 aliphatic rings. The van der Waals surface area contributed by atoms with Gasteiger partial charge in [-0.2, -0.15) is 9.97 Å². The van der Waals surface area contributed by atoms with Crippen molar-refractivity contribution in [2.45, 2.75) is 51.9 Å². The second kappa shape index (κ2) is 7.25. The van der Waals surface area contributed by atoms with Crippen LogP contribution in [-0.4, -0.2) is 33.9 Å². The van der Waals surface area contributed by atoms with E-state index in [2.05, 4.69) is 29.0 Å². The molecule has 5 rings (SSSR count). The number of piperidine rings is 1. The second-order valence-electron chi connectivity index (χ2n) is 9.70. The van der Waals surface area contributed by atoms with E-state index in [0.29, 0.717) is 24.0 Å². The van der Waals surface area contributed by atoms with Gasteiger partial charge in [0, 0.05) is 42.3 Å². The molecule has 1 fully saturated rings. The molecular weight excluding hydrogens is 390 g/mol. The third-order valence-electron chi connectivity index (χ3n) is 6.60. The number of nitrogens with one attached hydrogen (secondary N) is 1. The minimum Gasteiger partial charge on any atom is -0.508 e. The lowest BCUT2D eigenvalue weighted by Gasteiger charge is -2.39. The van der Waals surface area contributed by atoms with Crippen molar-refractivity contribution in [2.24, 2.45) is 5.41 Å². The SMILES string of the molecule is CC1(C)CC(=O)C2=C(C1)Nc1nc(N3CCCCC3)nc(N)c1[C@@H]2c1ccc(O)cc1. The van der Waals surface area contributed by atoms with Crippen LogP contribution in [-0.2, 0) is 4.79 Å². The van der Waals surface area contributed by atoms with Gasteiger partial charge < -0.3 is 21.1 Å². The van der Waals surface area contributed by atoms with Crippen molar-refractivity contribution < 1.29 is 9.90 Å². The highest BCUT2D eigenvalue weighted by atomic mass is 16.3. The number of allylic oxidation sites excluding steroid dienone is 2. The van der Waals surface area contributed by atoms with Crippen molar-refractivity contribution >= 4 is 23.4 Å². The van der Waals surface area contributed by atoms with Crippen molar-refractivity contribution in [1.82, 2.24) is 9.97 Å². The maximum atomic E-state index is 13.3. The summed E-state index contributed by atoms with van der Waals surface area (Å²) < 4.78 is 0. The van der Waals surface area contributed by atoms with Crippen LogP contribution in [0.25, 0.3) is 0 Å². The third-order valence-corrected chi connectivity index (χ3v) is 6.60. The maximum absolute atomic E-state index is 13.3. The first-order valence-electron chi connectivity index (χ1n) is 11.1. The summed E-state index contributed by atoms with van der Waals surface area (Å²) in [5.41, 5.74) is 9.74. The molecule has 0 saturated carbocycles. The number of nitrogens with zero attached hydrogens (tertiary/aromatic N) is 3. The second-order valence-corrected chi connectivity index (χ2v) is 9.70. The van der Waals surface area contributed by atoms with Gasteiger partial charge in [0.25, 0.3) is 0 Å². The van der Waals surface area contributed by atoms with Gasteiger partial charge in [0.2, 0.25) is 5.95 Å². The highest BCUT2D eigenvalue weighted by Gasteiger charge is 2.42. The largest absolute Gasteiger partial charge is 0.508 e. The summed E-state index contributed by atoms with van der Waals surface area (Å²) >= 11 is 0. The van der Waals surface area contributed by atoms with Gasteiger partial charge >= 0.3 is 0 Å². The topological polar surface area (TPSA) is 104 Å². The number of hydrogen-bond donors (Lipinski definition) is 3. The van der Waals surface area contributed by atoms with Gasteiger partial charge in [-0.15, -0.1) is 0 Å². The molecular formula is C24H29N5O2. The van der Waals surface area contributed by atoms with Gasteiger partial charge in [-0.25, -0.2) is 0 Å². The molecule has 1 atom stereocenters. The average molecular weight is 420 g/mol. The molecule has 2 aliphatic heterocycles. The molecule has 1 saturated heterocycles. The Labute approximate surface area is 182 Å². The Balaban J connectivity index is 1.67. The Morgan fingerprint density at radius 3 is 2.52 bits per heavy atom. The van der Waals surface area contributed by atoms with Gasteiger partial charge in [0.1, 0.15) is 17.4 Å². The summed E-state index contributed by atoms with van der Waals surface area (Å²) in [6, 6.07) is 7.00. The van der Waals surface area contributed by atoms with E-state index < -0.39 is 0 Å². The van der Waals surface area contributed by atoms with Crippen LogP contribution in [0.15, 0.2) is 35.5 Å². The number of phenolic OH excluding ortho intramolecular Hbond substituents is 1. The molecule has 31 heavy (non-hydrogen) atoms. The van der Waals surface area contributed by atoms with Crippen molar-refractivity contribution in [3.05, 3.63) is 46.7 Å². The Kier molecular flexibility index (Phi) is 4.64. The van der Waals surface area contributed by atoms with Gasteiger partial charge in [-0.3, -0.25) is 4.79 Å². The predicted octanol–water partition coefficient (Wildman–Crippen LogP) is 3.96. The fourth-order valence-electron chi connectivity index (χ4n) is 5.16. The number of ketones is 1. The number of Topliss-reactive ketones (excluding diaryl/α,β-unsaturated/α-hetero) is 1. The quantitative estimate of drug-likeness (QED) is 0.677. The minimum atomic E-state index is -0.342. The average Bonchev–Trinajstić information content (AvgIpc) is 2.72. The molecule has 3 heterocycles. The first kappa shape index (κ1) is 19.8. The van der Waals surface area contributed by atoms with Crippen LogP contribution < -0.4 is 16.0 Å². The van der Waals surface area contributed by atoms with Crippen molar-refractivity contribution in [3.63, 3.8) is 0 Å². The highest BCUT2D eigenvalue weighted by Crippen LogP contribution is 2.50. The number of aromatic nitrogens is 2. The van der Waals surface area contributed by atoms with E-state index in [-0.39, 0.29) is 22.9 Å². The molecule has 0 spiro atoms. The molecule has 2 aromatic rings. The molecule has 0 amide bonds. The van der Waals surface area contributed by atoms with Crippen LogP contribution >= 0.6 is 0 Å². The van der Waals surface area contributed by atoms with Crippen LogP contribution in [0.4, 0.5) is 17.6 Å². The molecule has 1 aromatic heterocycles. The lowest BCUT2D eigenvalue weighted by molar-refractivity contribution is -0.118. The van der Waals surface area contributed by atoms with Crippen molar-refractivity contribution in [1.29, 1.82) is 0 Å². The summed E-state index contributed by atoms with van der Waals surface area (Å²) in [6.45, 7) is 6.10. The van der Waals surface area contributed by atoms with Gasteiger partial charge in [0.15, 0.2) is 5.78 Å². The number of anilines is 3. The number of phenols is 1. The number of nitrogen functional groups attached to an aromatic ring is 1. The highest BCUT2D eigenvalue weighted by molar-refractivity contribution is 6.02. The zero-order valence-electron chi connectivity index (χ0n) is 18.1. The number of rotatable bonds is 2. The van der Waals surface area contributed by atoms with E-state index in [1.54, 1.807) is 12.1 Å². The monoisotopic (exact) mass is 419 g/mol. The molecule has 0 radical (unpaired) electrons. The molecule has 1 aromatic carbocycles. The van der Waals surface area contributed by atoms with Gasteiger partial charge in [-0.1, -0.05) is 26.0 Å². The van der Waals surface area contributed by atoms with Crippen LogP contribution in [0.5, 0.6) is 5.75 Å². The first-order valence-corrected chi connectivity index (χ1v) is 11.1. The fraction of sp³-hybridized carbons (Fsp3) is 0.458. The van der Waals surface area contributed by atoms with E-state index in [4.69, 9.17) is 10.7 Å². The van der Waals surface area contributed by atoms with Crippen LogP contribution in [0.2, 0.25) is 0 Å². The van der Waals surface area contributed by atoms with E-state index in [0.717, 1.165) is 54.7 Å². The number of carbonyl (C=O) groups is 1. The van der Waals surface area contributed by atoms with Crippen LogP contribution in [0.3, 0.4) is 0 Å². The molecule has 7 nitrogen and oxygen atoms in total. The number of nitrogens with two attached hydrogens (primary N) is 1. The van der Waals surface area contributed by atoms with Crippen molar-refractivity contribution in [3.8, 4) is 5.75 Å². The zero-order chi connectivity index (χ0) is 21.8. The maximum Gasteiger partial charge on any atom is 0.229 e. The third kappa shape index (κ3) is 3.52. The predicted molar refractivity (Wildman–Crippen MR) is 121 cm³/mol. The Bertz CT molecular complexity index is 1070. The normalized spacial score (nSPS) is 22.6. The van der Waals surface area contributed by atoms with E-state index in [1.807, 2.05) is 12.1 Å². The fourth-order valence-corrected chi connectivity index (χ4v) is 5.16. The van der Waals surface area contributed by atoms with E-state index in [9.17, 15) is 9.90 Å². The summed E-state index contributed by atoms with van der Waals surface area (Å²) in [5, 5.41) is 13.3. The number of aromatic hydroxyl groups is 1. The Hall–Kier alpha value is -3.09. The van der Waals surface area contributed by atoms with Gasteiger partial charge in [0.05, 0.1) is 0 Å². The minimum absolute atomic E-state index is 0.117. The lowest BCUT2D eigenvalue weighted by atomic mass is 9.69. The smallest absolute Gasteiger partial charge is 0.229 e. The Morgan fingerprint density at radius 1 is 1.10 bits per heavy atom. The van der Waals surface area contributed by atoms with E-state index >= 15 is 0 Å². The summed E-state index contributed by atoms with van der Waals surface area (Å²) in [5.74, 6) is 1.72. The Morgan fingerprint density at radius 2 is 1.81 bits per heavy atom. The van der Waals surface area contributed by atoms with E-state index in [1.165, 1.54) is 6.42 Å². The molecule has 4 N–H and O–H groups in total. The summed E-state index contributed by atoms with van der Waals surface area (Å²) in [6.07, 6.45) is 4.74. The van der Waals surface area contributed by atoms with Crippen LogP contribution in [0, 0.1) is 5.41 Å². The zero-order valence-corrected chi connectivity index (χ0v) is 18.1. The number of fused-ring (bicyclic) bond motifs is 1. The van der Waals surface area contributed by atoms with Crippen LogP contribution in [0.1, 0.15) is 63.0 Å². The number of carbonyl (C=O) groups excluding carboxylic acids is 1. The first-order chi connectivity index (χ1) is 14.8. The van der Waals surface area contributed by atoms with Gasteiger partial charge in [-0.05, 0) is 48.8 Å². The summed E-state index contributed by atoms with van der Waals surface area (Å²) in [4.78, 5) is 25.0. The lowest BCUT2D eigenvalue weighted by Crippen LogP contribution is -2.36. The molecule has 162 valence electrons. The molecule has 0 unspecified atom stereocenters. The number of benzene rings is 1. The number of hydrogen-bond acceptors (Lipinski definition) is 7. The summed E-state index contributed by atoms with van der Waals surface area (Å²) in [7, 11) is 0. The van der Waals surface area contributed by atoms with Crippen molar-refractivity contribution in [2.75, 3.05) is 29.0 Å². The molecule has 0 bridgehead atoms. The standard InChI is InChI=1S/C24H29N5O2/c1-24(2)12-16-19(17(31)13-24)18(14-6-8-15(30)9-7-14)20-21(25)27-23(28-22(20)26-16)29-10-4-3-5-11-29/h6-9,18,30H,3-5,10-13H2,1-2H3,(H3,25,26,27,28)/t18-/m1/s1. The molecule has 7 heteroatoms. The molecule has 1 aliphatic carbocycles.